The Bertz CT molecular complexity index is 1420. The number of nitrogen functional groups attached to an aromatic ring is 1. The number of hydrogen-bond donors (Lipinski definition) is 2. The number of aryl methyl sites for hydroxylation is 1. The van der Waals surface area contributed by atoms with Crippen molar-refractivity contribution in [2.75, 3.05) is 74.4 Å². The Morgan fingerprint density at radius 3 is 2.36 bits per heavy atom. The van der Waals surface area contributed by atoms with E-state index >= 15 is 0 Å². The van der Waals surface area contributed by atoms with E-state index < -0.39 is 10.0 Å². The summed E-state index contributed by atoms with van der Waals surface area (Å²) in [4.78, 5) is 15.2. The smallest absolute Gasteiger partial charge is 0.243 e. The lowest BCUT2D eigenvalue weighted by Gasteiger charge is -2.31. The summed E-state index contributed by atoms with van der Waals surface area (Å²) in [5.41, 5.74) is 3.10. The van der Waals surface area contributed by atoms with Crippen LogP contribution >= 0.6 is 11.8 Å². The number of amides is 1. The Hall–Kier alpha value is -3.17. The molecule has 0 atom stereocenters. The Morgan fingerprint density at radius 2 is 1.67 bits per heavy atom. The monoisotopic (exact) mass is 573 g/mol. The van der Waals surface area contributed by atoms with E-state index in [2.05, 4.69) is 20.4 Å². The van der Waals surface area contributed by atoms with Crippen LogP contribution in [0.2, 0.25) is 0 Å². The van der Waals surface area contributed by atoms with Crippen molar-refractivity contribution in [2.45, 2.75) is 17.0 Å². The molecule has 2 fully saturated rings. The van der Waals surface area contributed by atoms with E-state index in [0.29, 0.717) is 56.2 Å². The average Bonchev–Trinajstić information content (AvgIpc) is 3.33. The van der Waals surface area contributed by atoms with Crippen molar-refractivity contribution in [3.05, 3.63) is 48.0 Å². The molecule has 3 heterocycles. The summed E-state index contributed by atoms with van der Waals surface area (Å²) in [6, 6.07) is 12.6. The van der Waals surface area contributed by atoms with Crippen molar-refractivity contribution >= 4 is 39.1 Å². The molecule has 0 spiro atoms. The molecule has 12 nitrogen and oxygen atoms in total. The van der Waals surface area contributed by atoms with Crippen molar-refractivity contribution in [1.29, 1.82) is 0 Å². The highest BCUT2D eigenvalue weighted by atomic mass is 32.2. The van der Waals surface area contributed by atoms with Gasteiger partial charge in [-0.2, -0.15) is 4.31 Å². The van der Waals surface area contributed by atoms with Gasteiger partial charge < -0.3 is 25.5 Å². The number of hydrogen-bond acceptors (Lipinski definition) is 10. The summed E-state index contributed by atoms with van der Waals surface area (Å²) in [5, 5.41) is 11.6. The summed E-state index contributed by atoms with van der Waals surface area (Å²) < 4.78 is 40.1. The number of carbonyl (C=O) groups excluding carboxylic acids is 1. The van der Waals surface area contributed by atoms with Crippen LogP contribution < -0.4 is 16.1 Å². The molecule has 0 aliphatic carbocycles. The van der Waals surface area contributed by atoms with E-state index in [4.69, 9.17) is 15.3 Å². The van der Waals surface area contributed by atoms with Crippen LogP contribution in [-0.4, -0.2) is 91.9 Å². The van der Waals surface area contributed by atoms with E-state index in [1.54, 1.807) is 12.1 Å². The number of anilines is 2. The number of sulfonamides is 1. The zero-order chi connectivity index (χ0) is 27.4. The number of morpholine rings is 2. The number of nitrogens with two attached hydrogens (primary N) is 1. The van der Waals surface area contributed by atoms with Crippen LogP contribution in [0.5, 0.6) is 0 Å². The third kappa shape index (κ3) is 6.20. The highest BCUT2D eigenvalue weighted by molar-refractivity contribution is 7.99. The van der Waals surface area contributed by atoms with Gasteiger partial charge in [0.25, 0.3) is 0 Å². The first kappa shape index (κ1) is 27.4. The Kier molecular flexibility index (Phi) is 8.37. The van der Waals surface area contributed by atoms with Crippen LogP contribution in [0, 0.1) is 6.92 Å². The number of nitrogens with one attached hydrogen (secondary N) is 1. The number of benzene rings is 2. The zero-order valence-corrected chi connectivity index (χ0v) is 23.2. The molecule has 2 aromatic carbocycles. The third-order valence-electron chi connectivity index (χ3n) is 6.51. The SMILES string of the molecule is Cc1ccc(-c2nnc(SCC(=O)Nc3cc(S(=O)(=O)N4CCOCC4)ccc3N3CCOCC3)n2N)cc1. The molecule has 3 aromatic rings. The average molecular weight is 574 g/mol. The second kappa shape index (κ2) is 11.9. The predicted octanol–water partition coefficient (Wildman–Crippen LogP) is 1.56. The molecule has 39 heavy (non-hydrogen) atoms. The van der Waals surface area contributed by atoms with E-state index in [1.165, 1.54) is 15.0 Å². The van der Waals surface area contributed by atoms with Gasteiger partial charge in [-0.05, 0) is 25.1 Å². The Labute approximate surface area is 231 Å². The number of nitrogens with zero attached hydrogens (tertiary/aromatic N) is 5. The third-order valence-corrected chi connectivity index (χ3v) is 9.35. The topological polar surface area (TPSA) is 145 Å². The first-order valence-corrected chi connectivity index (χ1v) is 15.0. The van der Waals surface area contributed by atoms with Gasteiger partial charge in [0.1, 0.15) is 0 Å². The minimum absolute atomic E-state index is 0.00617. The lowest BCUT2D eigenvalue weighted by Crippen LogP contribution is -2.40. The molecule has 2 aliphatic rings. The van der Waals surface area contributed by atoms with Crippen LogP contribution in [-0.2, 0) is 24.3 Å². The number of aromatic nitrogens is 3. The van der Waals surface area contributed by atoms with Crippen LogP contribution in [0.15, 0.2) is 52.5 Å². The van der Waals surface area contributed by atoms with Gasteiger partial charge in [-0.1, -0.05) is 41.6 Å². The lowest BCUT2D eigenvalue weighted by molar-refractivity contribution is -0.113. The second-order valence-corrected chi connectivity index (χ2v) is 12.1. The Balaban J connectivity index is 1.33. The van der Waals surface area contributed by atoms with Gasteiger partial charge >= 0.3 is 0 Å². The molecule has 0 bridgehead atoms. The molecule has 14 heteroatoms. The molecular formula is C25H31N7O5S2. The Morgan fingerprint density at radius 1 is 1.00 bits per heavy atom. The van der Waals surface area contributed by atoms with Gasteiger partial charge in [0.2, 0.25) is 21.1 Å². The summed E-state index contributed by atoms with van der Waals surface area (Å²) in [6.45, 7) is 5.63. The van der Waals surface area contributed by atoms with Crippen LogP contribution in [0.25, 0.3) is 11.4 Å². The van der Waals surface area contributed by atoms with Gasteiger partial charge in [-0.3, -0.25) is 4.79 Å². The van der Waals surface area contributed by atoms with Gasteiger partial charge in [0.15, 0.2) is 5.82 Å². The molecule has 2 saturated heterocycles. The van der Waals surface area contributed by atoms with E-state index in [9.17, 15) is 13.2 Å². The molecule has 1 amide bonds. The predicted molar refractivity (Wildman–Crippen MR) is 149 cm³/mol. The van der Waals surface area contributed by atoms with Gasteiger partial charge in [0.05, 0.1) is 48.5 Å². The number of thioether (sulfide) groups is 1. The van der Waals surface area contributed by atoms with Gasteiger partial charge in [0, 0.05) is 31.7 Å². The normalized spacial score (nSPS) is 16.8. The van der Waals surface area contributed by atoms with Crippen molar-refractivity contribution in [1.82, 2.24) is 19.2 Å². The first-order valence-electron chi connectivity index (χ1n) is 12.6. The molecule has 3 N–H and O–H groups in total. The van der Waals surface area contributed by atoms with Crippen molar-refractivity contribution < 1.29 is 22.7 Å². The molecule has 208 valence electrons. The highest BCUT2D eigenvalue weighted by Crippen LogP contribution is 2.31. The largest absolute Gasteiger partial charge is 0.379 e. The summed E-state index contributed by atoms with van der Waals surface area (Å²) in [7, 11) is -3.74. The fraction of sp³-hybridized carbons (Fsp3) is 0.400. The second-order valence-electron chi connectivity index (χ2n) is 9.17. The molecule has 0 radical (unpaired) electrons. The molecule has 0 saturated carbocycles. The summed E-state index contributed by atoms with van der Waals surface area (Å²) >= 11 is 1.15. The summed E-state index contributed by atoms with van der Waals surface area (Å²) in [6.07, 6.45) is 0. The molecular weight excluding hydrogens is 542 g/mol. The fourth-order valence-corrected chi connectivity index (χ4v) is 6.47. The highest BCUT2D eigenvalue weighted by Gasteiger charge is 2.28. The van der Waals surface area contributed by atoms with Crippen LogP contribution in [0.1, 0.15) is 5.56 Å². The van der Waals surface area contributed by atoms with Crippen LogP contribution in [0.3, 0.4) is 0 Å². The van der Waals surface area contributed by atoms with E-state index in [1.807, 2.05) is 31.2 Å². The maximum atomic E-state index is 13.3. The van der Waals surface area contributed by atoms with Gasteiger partial charge in [-0.25, -0.2) is 13.1 Å². The quantitative estimate of drug-likeness (QED) is 0.301. The molecule has 1 aromatic heterocycles. The number of ether oxygens (including phenoxy) is 2. The lowest BCUT2D eigenvalue weighted by atomic mass is 10.1. The molecule has 0 unspecified atom stereocenters. The first-order chi connectivity index (χ1) is 18.8. The minimum atomic E-state index is -3.74. The van der Waals surface area contributed by atoms with Crippen LogP contribution in [0.4, 0.5) is 11.4 Å². The molecule has 5 rings (SSSR count). The standard InChI is InChI=1S/C25H31N7O5S2/c1-18-2-4-19(5-3-18)24-28-29-25(32(24)26)38-17-23(33)27-21-16-20(39(34,35)31-10-14-37-15-11-31)6-7-22(21)30-8-12-36-13-9-30/h2-7,16H,8-15,17,26H2,1H3,(H,27,33). The van der Waals surface area contributed by atoms with Crippen molar-refractivity contribution in [3.8, 4) is 11.4 Å². The van der Waals surface area contributed by atoms with E-state index in [-0.39, 0.29) is 29.6 Å². The number of rotatable bonds is 8. The van der Waals surface area contributed by atoms with Crippen molar-refractivity contribution in [3.63, 3.8) is 0 Å². The zero-order valence-electron chi connectivity index (χ0n) is 21.6. The minimum Gasteiger partial charge on any atom is -0.379 e. The van der Waals surface area contributed by atoms with Crippen molar-refractivity contribution in [2.24, 2.45) is 0 Å². The molecule has 2 aliphatic heterocycles. The maximum absolute atomic E-state index is 13.3. The maximum Gasteiger partial charge on any atom is 0.243 e. The van der Waals surface area contributed by atoms with Gasteiger partial charge in [-0.15, -0.1) is 10.2 Å². The van der Waals surface area contributed by atoms with E-state index in [0.717, 1.165) is 28.6 Å². The number of carbonyl (C=O) groups is 1. The fourth-order valence-electron chi connectivity index (χ4n) is 4.38. The summed E-state index contributed by atoms with van der Waals surface area (Å²) in [5.74, 6) is 6.39.